The van der Waals surface area contributed by atoms with Gasteiger partial charge >= 0.3 is 0 Å². The van der Waals surface area contributed by atoms with Crippen molar-refractivity contribution < 1.29 is 19.0 Å². The second-order valence-electron chi connectivity index (χ2n) is 6.77. The summed E-state index contributed by atoms with van der Waals surface area (Å²) in [6.45, 7) is 4.73. The molecular formula is C22H23N3O4. The highest BCUT2D eigenvalue weighted by atomic mass is 16.5. The number of carbonyl (C=O) groups excluding carboxylic acids is 1. The van der Waals surface area contributed by atoms with Crippen LogP contribution in [0.5, 0.6) is 23.3 Å². The summed E-state index contributed by atoms with van der Waals surface area (Å²) in [6.07, 6.45) is 3.21. The molecule has 0 aliphatic rings. The molecule has 1 amide bonds. The SMILES string of the molecule is COc1ncccc1-c1cc(C(N)=O)ccc1Oc1ccc(OCC(C)C)nc1. The molecule has 29 heavy (non-hydrogen) atoms. The molecule has 0 aliphatic heterocycles. The van der Waals surface area contributed by atoms with Gasteiger partial charge in [0.25, 0.3) is 0 Å². The number of nitrogens with zero attached hydrogens (tertiary/aromatic N) is 2. The fraction of sp³-hybridized carbons (Fsp3) is 0.227. The predicted octanol–water partition coefficient (Wildman–Crippen LogP) is 4.08. The minimum atomic E-state index is -0.533. The van der Waals surface area contributed by atoms with Crippen LogP contribution in [0.25, 0.3) is 11.1 Å². The Morgan fingerprint density at radius 2 is 1.93 bits per heavy atom. The summed E-state index contributed by atoms with van der Waals surface area (Å²) in [5.74, 6) is 1.86. The van der Waals surface area contributed by atoms with Crippen LogP contribution >= 0.6 is 0 Å². The lowest BCUT2D eigenvalue weighted by Gasteiger charge is -2.14. The van der Waals surface area contributed by atoms with Crippen molar-refractivity contribution in [2.75, 3.05) is 13.7 Å². The highest BCUT2D eigenvalue weighted by molar-refractivity contribution is 5.95. The third-order valence-electron chi connectivity index (χ3n) is 4.02. The molecule has 0 bridgehead atoms. The van der Waals surface area contributed by atoms with E-state index in [-0.39, 0.29) is 0 Å². The lowest BCUT2D eigenvalue weighted by Crippen LogP contribution is -2.11. The van der Waals surface area contributed by atoms with Crippen LogP contribution in [0.4, 0.5) is 0 Å². The Bertz CT molecular complexity index is 988. The maximum atomic E-state index is 11.7. The predicted molar refractivity (Wildman–Crippen MR) is 109 cm³/mol. The smallest absolute Gasteiger partial charge is 0.248 e. The quantitative estimate of drug-likeness (QED) is 0.619. The number of carbonyl (C=O) groups is 1. The highest BCUT2D eigenvalue weighted by Gasteiger charge is 2.16. The minimum Gasteiger partial charge on any atom is -0.481 e. The van der Waals surface area contributed by atoms with Crippen molar-refractivity contribution in [1.82, 2.24) is 9.97 Å². The standard InChI is InChI=1S/C22H23N3O4/c1-14(2)13-28-20-9-7-16(12-25-20)29-19-8-6-15(21(23)26)11-18(19)17-5-4-10-24-22(17)27-3/h4-12,14H,13H2,1-3H3,(H2,23,26). The molecule has 150 valence electrons. The molecule has 0 aliphatic carbocycles. The summed E-state index contributed by atoms with van der Waals surface area (Å²) in [5.41, 5.74) is 7.11. The lowest BCUT2D eigenvalue weighted by molar-refractivity contribution is 0.100. The molecule has 0 radical (unpaired) electrons. The van der Waals surface area contributed by atoms with Crippen molar-refractivity contribution in [1.29, 1.82) is 0 Å². The zero-order valence-corrected chi connectivity index (χ0v) is 16.6. The first-order valence-corrected chi connectivity index (χ1v) is 9.18. The topological polar surface area (TPSA) is 96.6 Å². The van der Waals surface area contributed by atoms with Gasteiger partial charge in [-0.1, -0.05) is 13.8 Å². The number of hydrogen-bond acceptors (Lipinski definition) is 6. The van der Waals surface area contributed by atoms with Gasteiger partial charge in [-0.2, -0.15) is 0 Å². The third kappa shape index (κ3) is 5.01. The molecule has 2 heterocycles. The third-order valence-corrected chi connectivity index (χ3v) is 4.02. The molecule has 1 aromatic carbocycles. The van der Waals surface area contributed by atoms with Gasteiger partial charge in [0.2, 0.25) is 17.7 Å². The maximum absolute atomic E-state index is 11.7. The van der Waals surface area contributed by atoms with Crippen LogP contribution in [-0.4, -0.2) is 29.6 Å². The summed E-state index contributed by atoms with van der Waals surface area (Å²) in [7, 11) is 1.53. The normalized spacial score (nSPS) is 10.6. The van der Waals surface area contributed by atoms with Crippen LogP contribution in [0.15, 0.2) is 54.9 Å². The molecular weight excluding hydrogens is 370 g/mol. The summed E-state index contributed by atoms with van der Waals surface area (Å²) in [6, 6.07) is 12.1. The van der Waals surface area contributed by atoms with Gasteiger partial charge in [-0.15, -0.1) is 0 Å². The zero-order valence-electron chi connectivity index (χ0n) is 16.6. The summed E-state index contributed by atoms with van der Waals surface area (Å²) >= 11 is 0. The highest BCUT2D eigenvalue weighted by Crippen LogP contribution is 2.38. The number of ether oxygens (including phenoxy) is 3. The van der Waals surface area contributed by atoms with E-state index in [4.69, 9.17) is 19.9 Å². The fourth-order valence-electron chi connectivity index (χ4n) is 2.63. The van der Waals surface area contributed by atoms with Crippen molar-refractivity contribution in [3.63, 3.8) is 0 Å². The number of methoxy groups -OCH3 is 1. The van der Waals surface area contributed by atoms with Crippen LogP contribution in [0.3, 0.4) is 0 Å². The molecule has 7 heteroatoms. The van der Waals surface area contributed by atoms with E-state index in [9.17, 15) is 4.79 Å². The van der Waals surface area contributed by atoms with Gasteiger partial charge in [0.05, 0.1) is 19.9 Å². The van der Waals surface area contributed by atoms with E-state index < -0.39 is 5.91 Å². The Kier molecular flexibility index (Phi) is 6.29. The van der Waals surface area contributed by atoms with Crippen molar-refractivity contribution in [2.24, 2.45) is 11.7 Å². The van der Waals surface area contributed by atoms with E-state index in [2.05, 4.69) is 23.8 Å². The van der Waals surface area contributed by atoms with Gasteiger partial charge in [-0.25, -0.2) is 9.97 Å². The van der Waals surface area contributed by atoms with E-state index in [0.29, 0.717) is 52.5 Å². The number of aromatic nitrogens is 2. The fourth-order valence-corrected chi connectivity index (χ4v) is 2.63. The number of pyridine rings is 2. The van der Waals surface area contributed by atoms with Crippen LogP contribution < -0.4 is 19.9 Å². The second-order valence-corrected chi connectivity index (χ2v) is 6.77. The lowest BCUT2D eigenvalue weighted by atomic mass is 10.0. The molecule has 0 fully saturated rings. The molecule has 3 rings (SSSR count). The Morgan fingerprint density at radius 1 is 1.10 bits per heavy atom. The van der Waals surface area contributed by atoms with Gasteiger partial charge in [0.1, 0.15) is 11.5 Å². The summed E-state index contributed by atoms with van der Waals surface area (Å²) < 4.78 is 17.0. The van der Waals surface area contributed by atoms with Gasteiger partial charge in [0, 0.05) is 29.0 Å². The average Bonchev–Trinajstić information content (AvgIpc) is 2.73. The number of rotatable bonds is 8. The molecule has 0 unspecified atom stereocenters. The number of primary amides is 1. The van der Waals surface area contributed by atoms with Gasteiger partial charge in [-0.3, -0.25) is 4.79 Å². The van der Waals surface area contributed by atoms with Gasteiger partial charge in [-0.05, 0) is 42.3 Å². The Hall–Kier alpha value is -3.61. The molecule has 0 spiro atoms. The van der Waals surface area contributed by atoms with E-state index in [1.54, 1.807) is 48.8 Å². The second kappa shape index (κ2) is 9.05. The van der Waals surface area contributed by atoms with Crippen molar-refractivity contribution in [3.05, 3.63) is 60.4 Å². The molecule has 0 saturated heterocycles. The largest absolute Gasteiger partial charge is 0.481 e. The molecule has 3 aromatic rings. The van der Waals surface area contributed by atoms with E-state index in [1.165, 1.54) is 7.11 Å². The zero-order chi connectivity index (χ0) is 20.8. The van der Waals surface area contributed by atoms with Crippen LogP contribution in [-0.2, 0) is 0 Å². The maximum Gasteiger partial charge on any atom is 0.248 e. The summed E-state index contributed by atoms with van der Waals surface area (Å²) in [4.78, 5) is 20.2. The Labute approximate surface area is 169 Å². The first kappa shape index (κ1) is 20.1. The number of hydrogen-bond donors (Lipinski definition) is 1. The van der Waals surface area contributed by atoms with Crippen molar-refractivity contribution in [2.45, 2.75) is 13.8 Å². The van der Waals surface area contributed by atoms with E-state index >= 15 is 0 Å². The van der Waals surface area contributed by atoms with Crippen molar-refractivity contribution >= 4 is 5.91 Å². The molecule has 0 atom stereocenters. The Balaban J connectivity index is 1.94. The van der Waals surface area contributed by atoms with Crippen LogP contribution in [0.2, 0.25) is 0 Å². The molecule has 0 saturated carbocycles. The number of benzene rings is 1. The first-order valence-electron chi connectivity index (χ1n) is 9.18. The average molecular weight is 393 g/mol. The first-order chi connectivity index (χ1) is 14.0. The van der Waals surface area contributed by atoms with Crippen molar-refractivity contribution in [3.8, 4) is 34.4 Å². The Morgan fingerprint density at radius 3 is 2.59 bits per heavy atom. The minimum absolute atomic E-state index is 0.355. The van der Waals surface area contributed by atoms with E-state index in [1.807, 2.05) is 6.07 Å². The van der Waals surface area contributed by atoms with Gasteiger partial charge in [0.15, 0.2) is 0 Å². The van der Waals surface area contributed by atoms with Gasteiger partial charge < -0.3 is 19.9 Å². The summed E-state index contributed by atoms with van der Waals surface area (Å²) in [5, 5.41) is 0. The van der Waals surface area contributed by atoms with Crippen LogP contribution in [0.1, 0.15) is 24.2 Å². The number of amides is 1. The van der Waals surface area contributed by atoms with E-state index in [0.717, 1.165) is 0 Å². The monoisotopic (exact) mass is 393 g/mol. The van der Waals surface area contributed by atoms with Crippen LogP contribution in [0, 0.1) is 5.92 Å². The molecule has 2 aromatic heterocycles. The number of nitrogens with two attached hydrogens (primary N) is 1. The molecule has 2 N–H and O–H groups in total. The molecule has 7 nitrogen and oxygen atoms in total.